The second-order valence-corrected chi connectivity index (χ2v) is 9.22. The lowest BCUT2D eigenvalue weighted by atomic mass is 9.82. The van der Waals surface area contributed by atoms with E-state index in [1.807, 2.05) is 32.9 Å². The molecule has 0 bridgehead atoms. The molecule has 4 aromatic rings. The number of aromatic hydroxyl groups is 2. The maximum absolute atomic E-state index is 13.5. The number of hydrogen-bond donors (Lipinski definition) is 2. The van der Waals surface area contributed by atoms with E-state index in [0.717, 1.165) is 57.3 Å². The number of halogens is 2. The summed E-state index contributed by atoms with van der Waals surface area (Å²) in [7, 11) is 0. The molecule has 0 unspecified atom stereocenters. The lowest BCUT2D eigenvalue weighted by Gasteiger charge is -2.23. The smallest absolute Gasteiger partial charge is 0.127 e. The summed E-state index contributed by atoms with van der Waals surface area (Å²) in [6, 6.07) is 16.1. The molecule has 1 atom stereocenters. The zero-order chi connectivity index (χ0) is 24.1. The van der Waals surface area contributed by atoms with E-state index in [9.17, 15) is 19.0 Å². The molecule has 0 radical (unpaired) electrons. The lowest BCUT2D eigenvalue weighted by Crippen LogP contribution is -2.04. The van der Waals surface area contributed by atoms with Gasteiger partial charge in [0.2, 0.25) is 0 Å². The SMILES string of the molecule is Cc1cc(-c2ccc(F)cc2)c(O)c([C@@H]2CCc3c(C)cc(-c4ccc(F)cc4)c(O)c32)c1C. The van der Waals surface area contributed by atoms with Crippen molar-refractivity contribution in [1.29, 1.82) is 0 Å². The van der Waals surface area contributed by atoms with Gasteiger partial charge in [-0.1, -0.05) is 24.3 Å². The highest BCUT2D eigenvalue weighted by atomic mass is 19.1. The molecular formula is C30H26F2O2. The number of fused-ring (bicyclic) bond motifs is 1. The number of hydrogen-bond acceptors (Lipinski definition) is 2. The predicted molar refractivity (Wildman–Crippen MR) is 131 cm³/mol. The first-order valence-corrected chi connectivity index (χ1v) is 11.5. The first kappa shape index (κ1) is 22.1. The highest BCUT2D eigenvalue weighted by molar-refractivity contribution is 5.78. The first-order valence-electron chi connectivity index (χ1n) is 11.5. The van der Waals surface area contributed by atoms with Crippen LogP contribution in [0.2, 0.25) is 0 Å². The molecule has 1 aliphatic rings. The highest BCUT2D eigenvalue weighted by Crippen LogP contribution is 2.52. The van der Waals surface area contributed by atoms with Crippen molar-refractivity contribution in [2.24, 2.45) is 0 Å². The number of aryl methyl sites for hydroxylation is 2. The molecule has 0 fully saturated rings. The van der Waals surface area contributed by atoms with Crippen LogP contribution < -0.4 is 0 Å². The van der Waals surface area contributed by atoms with Crippen molar-refractivity contribution in [1.82, 2.24) is 0 Å². The molecule has 1 aliphatic carbocycles. The van der Waals surface area contributed by atoms with E-state index in [0.29, 0.717) is 11.1 Å². The van der Waals surface area contributed by atoms with Gasteiger partial charge >= 0.3 is 0 Å². The minimum absolute atomic E-state index is 0.164. The van der Waals surface area contributed by atoms with Gasteiger partial charge in [-0.15, -0.1) is 0 Å². The van der Waals surface area contributed by atoms with Crippen molar-refractivity contribution in [3.63, 3.8) is 0 Å². The van der Waals surface area contributed by atoms with Crippen molar-refractivity contribution in [3.8, 4) is 33.8 Å². The number of benzene rings is 4. The molecule has 0 saturated carbocycles. The van der Waals surface area contributed by atoms with Crippen LogP contribution in [0.15, 0.2) is 60.7 Å². The third-order valence-corrected chi connectivity index (χ3v) is 7.23. The number of rotatable bonds is 3. The fraction of sp³-hybridized carbons (Fsp3) is 0.200. The van der Waals surface area contributed by atoms with Gasteiger partial charge in [0.1, 0.15) is 23.1 Å². The van der Waals surface area contributed by atoms with Crippen LogP contribution in [0.4, 0.5) is 8.78 Å². The van der Waals surface area contributed by atoms with Crippen molar-refractivity contribution in [2.75, 3.05) is 0 Å². The Labute approximate surface area is 198 Å². The fourth-order valence-corrected chi connectivity index (χ4v) is 5.35. The normalized spacial score (nSPS) is 14.9. The molecule has 0 spiro atoms. The summed E-state index contributed by atoms with van der Waals surface area (Å²) in [5.41, 5.74) is 8.57. The Bertz CT molecular complexity index is 1400. The van der Waals surface area contributed by atoms with E-state index in [2.05, 4.69) is 0 Å². The number of phenols is 2. The highest BCUT2D eigenvalue weighted by Gasteiger charge is 2.34. The Hall–Kier alpha value is -3.66. The Balaban J connectivity index is 1.71. The van der Waals surface area contributed by atoms with E-state index in [1.54, 1.807) is 24.3 Å². The maximum Gasteiger partial charge on any atom is 0.127 e. The largest absolute Gasteiger partial charge is 0.507 e. The zero-order valence-corrected chi connectivity index (χ0v) is 19.4. The average molecular weight is 457 g/mol. The van der Waals surface area contributed by atoms with E-state index in [-0.39, 0.29) is 29.1 Å². The minimum atomic E-state index is -0.328. The van der Waals surface area contributed by atoms with Crippen LogP contribution >= 0.6 is 0 Å². The van der Waals surface area contributed by atoms with Gasteiger partial charge in [-0.3, -0.25) is 0 Å². The molecule has 34 heavy (non-hydrogen) atoms. The molecule has 172 valence electrons. The second-order valence-electron chi connectivity index (χ2n) is 9.22. The molecule has 5 rings (SSSR count). The van der Waals surface area contributed by atoms with Gasteiger partial charge in [0.15, 0.2) is 0 Å². The van der Waals surface area contributed by atoms with E-state index >= 15 is 0 Å². The van der Waals surface area contributed by atoms with Crippen molar-refractivity contribution < 1.29 is 19.0 Å². The molecule has 2 nitrogen and oxygen atoms in total. The van der Waals surface area contributed by atoms with Gasteiger partial charge < -0.3 is 10.2 Å². The first-order chi connectivity index (χ1) is 16.3. The third kappa shape index (κ3) is 3.54. The van der Waals surface area contributed by atoms with Gasteiger partial charge in [0.25, 0.3) is 0 Å². The summed E-state index contributed by atoms with van der Waals surface area (Å²) in [6.07, 6.45) is 1.55. The lowest BCUT2D eigenvalue weighted by molar-refractivity contribution is 0.457. The average Bonchev–Trinajstić information content (AvgIpc) is 3.26. The Morgan fingerprint density at radius 3 is 1.68 bits per heavy atom. The summed E-state index contributed by atoms with van der Waals surface area (Å²) >= 11 is 0. The minimum Gasteiger partial charge on any atom is -0.507 e. The van der Waals surface area contributed by atoms with Crippen LogP contribution in [-0.4, -0.2) is 10.2 Å². The van der Waals surface area contributed by atoms with E-state index in [1.165, 1.54) is 24.3 Å². The summed E-state index contributed by atoms with van der Waals surface area (Å²) in [5.74, 6) is -0.498. The Morgan fingerprint density at radius 1 is 0.676 bits per heavy atom. The summed E-state index contributed by atoms with van der Waals surface area (Å²) < 4.78 is 27.0. The van der Waals surface area contributed by atoms with Crippen LogP contribution in [0.1, 0.15) is 45.7 Å². The van der Waals surface area contributed by atoms with Crippen LogP contribution in [0.25, 0.3) is 22.3 Å². The third-order valence-electron chi connectivity index (χ3n) is 7.23. The summed E-state index contributed by atoms with van der Waals surface area (Å²) in [6.45, 7) is 6.02. The Kier molecular flexibility index (Phi) is 5.40. The predicted octanol–water partition coefficient (Wildman–Crippen LogP) is 7.71. The van der Waals surface area contributed by atoms with Crippen molar-refractivity contribution >= 4 is 0 Å². The van der Waals surface area contributed by atoms with Crippen LogP contribution in [0.3, 0.4) is 0 Å². The zero-order valence-electron chi connectivity index (χ0n) is 19.4. The quantitative estimate of drug-likeness (QED) is 0.331. The van der Waals surface area contributed by atoms with Gasteiger partial charge in [0, 0.05) is 28.2 Å². The van der Waals surface area contributed by atoms with Crippen molar-refractivity contribution in [2.45, 2.75) is 39.5 Å². The molecule has 0 aliphatic heterocycles. The van der Waals surface area contributed by atoms with Gasteiger partial charge in [-0.2, -0.15) is 0 Å². The Morgan fingerprint density at radius 2 is 1.15 bits per heavy atom. The molecule has 2 N–H and O–H groups in total. The standard InChI is InChI=1S/C30H26F2O2/c1-16-14-25(19-4-8-21(31)9-5-19)29(33)27(18(16)3)24-13-12-23-17(2)15-26(30(34)28(23)24)20-6-10-22(32)11-7-20/h4-11,14-15,24,33-34H,12-13H2,1-3H3/t24-/m0/s1. The molecular weight excluding hydrogens is 430 g/mol. The molecule has 0 heterocycles. The van der Waals surface area contributed by atoms with Crippen LogP contribution in [0.5, 0.6) is 11.5 Å². The summed E-state index contributed by atoms with van der Waals surface area (Å²) in [4.78, 5) is 0. The van der Waals surface area contributed by atoms with Crippen molar-refractivity contribution in [3.05, 3.63) is 106 Å². The van der Waals surface area contributed by atoms with Gasteiger partial charge in [-0.25, -0.2) is 8.78 Å². The second kappa shape index (κ2) is 8.28. The van der Waals surface area contributed by atoms with E-state index in [4.69, 9.17) is 0 Å². The number of phenolic OH excluding ortho intramolecular Hbond substituents is 2. The van der Waals surface area contributed by atoms with Crippen LogP contribution in [0, 0.1) is 32.4 Å². The molecule has 4 aromatic carbocycles. The van der Waals surface area contributed by atoms with Gasteiger partial charge in [-0.05, 0) is 103 Å². The monoisotopic (exact) mass is 456 g/mol. The van der Waals surface area contributed by atoms with Gasteiger partial charge in [0.05, 0.1) is 0 Å². The molecule has 0 saturated heterocycles. The van der Waals surface area contributed by atoms with Crippen LogP contribution in [-0.2, 0) is 6.42 Å². The topological polar surface area (TPSA) is 40.5 Å². The maximum atomic E-state index is 13.5. The fourth-order valence-electron chi connectivity index (χ4n) is 5.35. The molecule has 4 heteroatoms. The van der Waals surface area contributed by atoms with E-state index < -0.39 is 0 Å². The summed E-state index contributed by atoms with van der Waals surface area (Å²) in [5, 5.41) is 22.9. The molecule has 0 amide bonds. The molecule has 0 aromatic heterocycles.